The van der Waals surface area contributed by atoms with Gasteiger partial charge in [0.25, 0.3) is 0 Å². The Balaban J connectivity index is 3.00. The number of hydrogen-bond acceptors (Lipinski definition) is 4. The fourth-order valence-corrected chi connectivity index (χ4v) is 2.29. The van der Waals surface area contributed by atoms with E-state index in [0.717, 1.165) is 0 Å². The molecule has 0 bridgehead atoms. The fourth-order valence-electron chi connectivity index (χ4n) is 2.29. The van der Waals surface area contributed by atoms with Crippen molar-refractivity contribution in [1.82, 2.24) is 9.88 Å². The third-order valence-electron chi connectivity index (χ3n) is 3.25. The molecule has 1 aromatic rings. The molecule has 0 saturated carbocycles. The van der Waals surface area contributed by atoms with Crippen LogP contribution in [0.25, 0.3) is 0 Å². The van der Waals surface area contributed by atoms with Gasteiger partial charge in [-0.05, 0) is 19.4 Å². The fraction of sp³-hybridized carbons (Fsp3) is 0.375. The maximum Gasteiger partial charge on any atom is 0.339 e. The van der Waals surface area contributed by atoms with Gasteiger partial charge in [-0.1, -0.05) is 12.2 Å². The number of ketones is 1. The van der Waals surface area contributed by atoms with E-state index < -0.39 is 5.97 Å². The molecule has 0 saturated heterocycles. The molecule has 114 valence electrons. The monoisotopic (exact) mass is 290 g/mol. The van der Waals surface area contributed by atoms with E-state index in [9.17, 15) is 9.59 Å². The quantitative estimate of drug-likeness (QED) is 0.453. The molecule has 0 radical (unpaired) electrons. The Morgan fingerprint density at radius 1 is 1.24 bits per heavy atom. The molecule has 21 heavy (non-hydrogen) atoms. The highest BCUT2D eigenvalue weighted by Crippen LogP contribution is 2.19. The van der Waals surface area contributed by atoms with Crippen LogP contribution in [0.2, 0.25) is 0 Å². The second kappa shape index (κ2) is 7.59. The molecule has 5 heteroatoms. The van der Waals surface area contributed by atoms with Crippen LogP contribution in [0.5, 0.6) is 0 Å². The molecule has 5 nitrogen and oxygen atoms in total. The van der Waals surface area contributed by atoms with Crippen molar-refractivity contribution < 1.29 is 14.3 Å². The van der Waals surface area contributed by atoms with E-state index in [1.54, 1.807) is 26.0 Å². The number of rotatable bonds is 8. The molecule has 1 N–H and O–H groups in total. The summed E-state index contributed by atoms with van der Waals surface area (Å²) in [5.41, 5.74) is 2.15. The summed E-state index contributed by atoms with van der Waals surface area (Å²) in [5, 5.41) is 0. The predicted molar refractivity (Wildman–Crippen MR) is 82.8 cm³/mol. The van der Waals surface area contributed by atoms with Crippen molar-refractivity contribution in [3.8, 4) is 0 Å². The van der Waals surface area contributed by atoms with Crippen molar-refractivity contribution in [2.45, 2.75) is 13.8 Å². The molecule has 0 unspecified atom stereocenters. The number of H-pyrrole nitrogens is 1. The topological polar surface area (TPSA) is 62.4 Å². The number of methoxy groups -OCH3 is 1. The van der Waals surface area contributed by atoms with Crippen LogP contribution in [0, 0.1) is 13.8 Å². The average molecular weight is 290 g/mol. The Bertz CT molecular complexity index is 548. The minimum Gasteiger partial charge on any atom is -0.465 e. The average Bonchev–Trinajstić information content (AvgIpc) is 2.74. The maximum absolute atomic E-state index is 12.4. The van der Waals surface area contributed by atoms with Gasteiger partial charge in [-0.15, -0.1) is 13.2 Å². The lowest BCUT2D eigenvalue weighted by Crippen LogP contribution is -2.30. The molecule has 0 spiro atoms. The lowest BCUT2D eigenvalue weighted by molar-refractivity contribution is 0.0599. The zero-order valence-corrected chi connectivity index (χ0v) is 12.9. The zero-order chi connectivity index (χ0) is 16.0. The Hall–Kier alpha value is -2.14. The molecule has 1 heterocycles. The summed E-state index contributed by atoms with van der Waals surface area (Å²) in [6.07, 6.45) is 3.48. The van der Waals surface area contributed by atoms with E-state index in [0.29, 0.717) is 35.6 Å². The third-order valence-corrected chi connectivity index (χ3v) is 3.25. The van der Waals surface area contributed by atoms with Gasteiger partial charge in [0.2, 0.25) is 0 Å². The van der Waals surface area contributed by atoms with Crippen molar-refractivity contribution in [2.75, 3.05) is 26.7 Å². The second-order valence-electron chi connectivity index (χ2n) is 4.81. The minimum atomic E-state index is -0.436. The maximum atomic E-state index is 12.4. The summed E-state index contributed by atoms with van der Waals surface area (Å²) >= 11 is 0. The highest BCUT2D eigenvalue weighted by Gasteiger charge is 2.23. The van der Waals surface area contributed by atoms with E-state index in [-0.39, 0.29) is 12.3 Å². The van der Waals surface area contributed by atoms with E-state index >= 15 is 0 Å². The Kier molecular flexibility index (Phi) is 6.11. The van der Waals surface area contributed by atoms with Crippen LogP contribution in [-0.2, 0) is 4.74 Å². The summed E-state index contributed by atoms with van der Waals surface area (Å²) < 4.78 is 4.74. The molecule has 1 aromatic heterocycles. The summed E-state index contributed by atoms with van der Waals surface area (Å²) in [6.45, 7) is 12.3. The molecular weight excluding hydrogens is 268 g/mol. The number of ether oxygens (including phenoxy) is 1. The number of Topliss-reactive ketones (excluding diaryl/α,β-unsaturated/α-hetero) is 1. The first-order valence-corrected chi connectivity index (χ1v) is 6.71. The van der Waals surface area contributed by atoms with E-state index in [4.69, 9.17) is 4.74 Å². The van der Waals surface area contributed by atoms with Crippen LogP contribution in [-0.4, -0.2) is 48.4 Å². The number of nitrogens with one attached hydrogen (secondary N) is 1. The van der Waals surface area contributed by atoms with Crippen molar-refractivity contribution in [3.05, 3.63) is 47.8 Å². The van der Waals surface area contributed by atoms with E-state index in [2.05, 4.69) is 18.1 Å². The largest absolute Gasteiger partial charge is 0.465 e. The molecule has 0 aliphatic heterocycles. The number of esters is 1. The Labute approximate surface area is 125 Å². The minimum absolute atomic E-state index is 0.0746. The van der Waals surface area contributed by atoms with Crippen molar-refractivity contribution in [1.29, 1.82) is 0 Å². The molecule has 0 aliphatic rings. The Morgan fingerprint density at radius 3 is 2.29 bits per heavy atom. The lowest BCUT2D eigenvalue weighted by Gasteiger charge is -2.17. The number of aromatic nitrogens is 1. The molecule has 1 rings (SSSR count). The second-order valence-corrected chi connectivity index (χ2v) is 4.81. The molecule has 0 atom stereocenters. The summed E-state index contributed by atoms with van der Waals surface area (Å²) in [7, 11) is 1.33. The first-order valence-electron chi connectivity index (χ1n) is 6.71. The van der Waals surface area contributed by atoms with E-state index in [1.807, 2.05) is 4.90 Å². The van der Waals surface area contributed by atoms with Gasteiger partial charge in [0.1, 0.15) is 0 Å². The molecule has 0 amide bonds. The SMILES string of the molecule is C=CCN(CC=C)CC(=O)c1[nH]c(C)c(C(=O)OC)c1C. The van der Waals surface area contributed by atoms with Gasteiger partial charge in [-0.3, -0.25) is 9.69 Å². The molecule has 0 aliphatic carbocycles. The number of hydrogen-bond donors (Lipinski definition) is 1. The van der Waals surface area contributed by atoms with Gasteiger partial charge in [-0.2, -0.15) is 0 Å². The molecule has 0 fully saturated rings. The van der Waals surface area contributed by atoms with Gasteiger partial charge in [0.05, 0.1) is 24.9 Å². The number of nitrogens with zero attached hydrogens (tertiary/aromatic N) is 1. The van der Waals surface area contributed by atoms with Crippen molar-refractivity contribution in [2.24, 2.45) is 0 Å². The van der Waals surface area contributed by atoms with Crippen LogP contribution < -0.4 is 0 Å². The van der Waals surface area contributed by atoms with Crippen LogP contribution >= 0.6 is 0 Å². The van der Waals surface area contributed by atoms with Gasteiger partial charge in [0.15, 0.2) is 5.78 Å². The molecule has 0 aromatic carbocycles. The van der Waals surface area contributed by atoms with Gasteiger partial charge < -0.3 is 9.72 Å². The summed E-state index contributed by atoms with van der Waals surface area (Å²) in [5.74, 6) is -0.510. The van der Waals surface area contributed by atoms with Crippen molar-refractivity contribution in [3.63, 3.8) is 0 Å². The smallest absolute Gasteiger partial charge is 0.339 e. The lowest BCUT2D eigenvalue weighted by atomic mass is 10.1. The first kappa shape index (κ1) is 16.9. The normalized spacial score (nSPS) is 10.5. The summed E-state index contributed by atoms with van der Waals surface area (Å²) in [4.78, 5) is 29.0. The standard InChI is InChI=1S/C16H22N2O3/c1-6-8-18(9-7-2)10-13(19)15-11(3)14(12(4)17-15)16(20)21-5/h6-7,17H,1-2,8-10H2,3-5H3. The number of aromatic amines is 1. The van der Waals surface area contributed by atoms with Gasteiger partial charge in [-0.25, -0.2) is 4.79 Å². The van der Waals surface area contributed by atoms with Crippen LogP contribution in [0.1, 0.15) is 32.1 Å². The highest BCUT2D eigenvalue weighted by molar-refractivity contribution is 6.02. The predicted octanol–water partition coefficient (Wildman–Crippen LogP) is 2.27. The van der Waals surface area contributed by atoms with Gasteiger partial charge >= 0.3 is 5.97 Å². The third kappa shape index (κ3) is 3.92. The number of aryl methyl sites for hydroxylation is 1. The Morgan fingerprint density at radius 2 is 1.81 bits per heavy atom. The van der Waals surface area contributed by atoms with Gasteiger partial charge in [0, 0.05) is 18.8 Å². The first-order chi connectivity index (χ1) is 9.96. The van der Waals surface area contributed by atoms with Crippen LogP contribution in [0.3, 0.4) is 0 Å². The highest BCUT2D eigenvalue weighted by atomic mass is 16.5. The van der Waals surface area contributed by atoms with Crippen molar-refractivity contribution >= 4 is 11.8 Å². The number of carbonyl (C=O) groups is 2. The summed E-state index contributed by atoms with van der Waals surface area (Å²) in [6, 6.07) is 0. The van der Waals surface area contributed by atoms with Crippen LogP contribution in [0.4, 0.5) is 0 Å². The number of carbonyl (C=O) groups excluding carboxylic acids is 2. The zero-order valence-electron chi connectivity index (χ0n) is 12.9. The van der Waals surface area contributed by atoms with Crippen LogP contribution in [0.15, 0.2) is 25.3 Å². The molecular formula is C16H22N2O3. The van der Waals surface area contributed by atoms with E-state index in [1.165, 1.54) is 7.11 Å².